The Balaban J connectivity index is 1.50. The van der Waals surface area contributed by atoms with Gasteiger partial charge >= 0.3 is 0 Å². The van der Waals surface area contributed by atoms with Crippen LogP contribution in [0.15, 0.2) is 47.4 Å². The molecule has 0 aromatic carbocycles. The fourth-order valence-corrected chi connectivity index (χ4v) is 2.45. The molecule has 10 heteroatoms. The predicted octanol–water partition coefficient (Wildman–Crippen LogP) is 3.01. The zero-order chi connectivity index (χ0) is 20.1. The molecule has 9 nitrogen and oxygen atoms in total. The van der Waals surface area contributed by atoms with E-state index < -0.39 is 6.67 Å². The lowest BCUT2D eigenvalue weighted by Gasteiger charge is -2.05. The van der Waals surface area contributed by atoms with Gasteiger partial charge in [-0.15, -0.1) is 0 Å². The molecule has 29 heavy (non-hydrogen) atoms. The molecule has 0 N–H and O–H groups in total. The molecule has 4 aromatic heterocycles. The fraction of sp³-hybridized carbons (Fsp3) is 0.211. The van der Waals surface area contributed by atoms with Crippen molar-refractivity contribution in [3.8, 4) is 29.0 Å². The van der Waals surface area contributed by atoms with Gasteiger partial charge in [-0.2, -0.15) is 0 Å². The second kappa shape index (κ2) is 8.46. The van der Waals surface area contributed by atoms with Crippen LogP contribution in [0.1, 0.15) is 5.69 Å². The van der Waals surface area contributed by atoms with Crippen molar-refractivity contribution in [2.75, 3.05) is 20.4 Å². The van der Waals surface area contributed by atoms with E-state index in [0.29, 0.717) is 28.4 Å². The first kappa shape index (κ1) is 18.5. The fourth-order valence-electron chi connectivity index (χ4n) is 2.45. The molecule has 0 bridgehead atoms. The number of halogens is 1. The number of fused-ring (bicyclic) bond motifs is 1. The normalized spacial score (nSPS) is 10.8. The van der Waals surface area contributed by atoms with E-state index in [9.17, 15) is 4.39 Å². The molecule has 0 aliphatic rings. The molecule has 0 fully saturated rings. The molecule has 0 radical (unpaired) electrons. The number of rotatable bonds is 8. The van der Waals surface area contributed by atoms with Gasteiger partial charge in [0.15, 0.2) is 0 Å². The summed E-state index contributed by atoms with van der Waals surface area (Å²) >= 11 is 0. The van der Waals surface area contributed by atoms with E-state index in [0.717, 1.165) is 5.69 Å². The lowest BCUT2D eigenvalue weighted by Crippen LogP contribution is -2.01. The van der Waals surface area contributed by atoms with Gasteiger partial charge in [0.2, 0.25) is 17.5 Å². The molecule has 148 valence electrons. The van der Waals surface area contributed by atoms with Crippen molar-refractivity contribution in [2.45, 2.75) is 6.61 Å². The van der Waals surface area contributed by atoms with Crippen molar-refractivity contribution >= 4 is 11.2 Å². The topological polar surface area (TPSA) is 105 Å². The molecule has 0 atom stereocenters. The van der Waals surface area contributed by atoms with E-state index in [4.69, 9.17) is 18.6 Å². The molecular formula is C19H16FN5O4. The number of hydrogen-bond acceptors (Lipinski definition) is 9. The summed E-state index contributed by atoms with van der Waals surface area (Å²) in [5.41, 5.74) is 1.98. The van der Waals surface area contributed by atoms with E-state index in [1.54, 1.807) is 19.4 Å². The summed E-state index contributed by atoms with van der Waals surface area (Å²) in [6, 6.07) is 6.86. The first-order chi connectivity index (χ1) is 14.2. The maximum atomic E-state index is 12.3. The molecule has 0 spiro atoms. The highest BCUT2D eigenvalue weighted by atomic mass is 19.1. The summed E-state index contributed by atoms with van der Waals surface area (Å²) in [7, 11) is 1.58. The van der Waals surface area contributed by atoms with Gasteiger partial charge in [-0.25, -0.2) is 24.3 Å². The van der Waals surface area contributed by atoms with Gasteiger partial charge in [0.05, 0.1) is 25.2 Å². The number of ether oxygens (including phenoxy) is 3. The lowest BCUT2D eigenvalue weighted by molar-refractivity contribution is 0.264. The number of hydrogen-bond donors (Lipinski definition) is 0. The Hall–Kier alpha value is -3.82. The maximum absolute atomic E-state index is 12.3. The Morgan fingerprint density at radius 2 is 1.90 bits per heavy atom. The molecule has 0 saturated heterocycles. The van der Waals surface area contributed by atoms with Gasteiger partial charge in [-0.05, 0) is 12.1 Å². The van der Waals surface area contributed by atoms with Crippen molar-refractivity contribution in [3.05, 3.63) is 48.7 Å². The number of aromatic nitrogens is 5. The summed E-state index contributed by atoms with van der Waals surface area (Å²) in [4.78, 5) is 20.9. The third-order valence-electron chi connectivity index (χ3n) is 3.83. The van der Waals surface area contributed by atoms with Crippen LogP contribution in [0.25, 0.3) is 22.8 Å². The Morgan fingerprint density at radius 1 is 1.00 bits per heavy atom. The molecule has 4 rings (SSSR count). The second-order valence-electron chi connectivity index (χ2n) is 5.77. The number of methoxy groups -OCH3 is 1. The van der Waals surface area contributed by atoms with Crippen molar-refractivity contribution in [1.29, 1.82) is 0 Å². The third-order valence-corrected chi connectivity index (χ3v) is 3.83. The van der Waals surface area contributed by atoms with E-state index in [2.05, 4.69) is 24.9 Å². The standard InChI is InChI=1S/C19H16FN5O4/c1-26-13-3-2-12(21-8-13)10-28-14-6-16-18(22-9-14)29-19(25-16)15-7-17(24-11-23-15)27-5-4-20/h2-3,6-9,11H,4-5,10H2,1H3. The Bertz CT molecular complexity index is 1100. The quantitative estimate of drug-likeness (QED) is 0.443. The molecule has 4 heterocycles. The highest BCUT2D eigenvalue weighted by Crippen LogP contribution is 2.25. The maximum Gasteiger partial charge on any atom is 0.248 e. The average molecular weight is 397 g/mol. The van der Waals surface area contributed by atoms with Crippen LogP contribution in [0.5, 0.6) is 17.4 Å². The molecule has 0 saturated carbocycles. The van der Waals surface area contributed by atoms with Crippen LogP contribution in [0.4, 0.5) is 4.39 Å². The van der Waals surface area contributed by atoms with Gasteiger partial charge in [-0.3, -0.25) is 4.98 Å². The molecule has 0 aliphatic heterocycles. The summed E-state index contributed by atoms with van der Waals surface area (Å²) in [6.07, 6.45) is 4.45. The largest absolute Gasteiger partial charge is 0.495 e. The first-order valence-electron chi connectivity index (χ1n) is 8.64. The minimum Gasteiger partial charge on any atom is -0.495 e. The van der Waals surface area contributed by atoms with Crippen molar-refractivity contribution in [2.24, 2.45) is 0 Å². The van der Waals surface area contributed by atoms with E-state index in [1.807, 2.05) is 12.1 Å². The van der Waals surface area contributed by atoms with E-state index >= 15 is 0 Å². The van der Waals surface area contributed by atoms with Crippen LogP contribution in [0, 0.1) is 0 Å². The summed E-state index contributed by atoms with van der Waals surface area (Å²) < 4.78 is 33.8. The second-order valence-corrected chi connectivity index (χ2v) is 5.77. The van der Waals surface area contributed by atoms with Crippen LogP contribution < -0.4 is 14.2 Å². The minimum absolute atomic E-state index is 0.0880. The molecule has 0 aliphatic carbocycles. The summed E-state index contributed by atoms with van der Waals surface area (Å²) in [5, 5.41) is 0. The molecule has 4 aromatic rings. The van der Waals surface area contributed by atoms with Gasteiger partial charge < -0.3 is 18.6 Å². The number of nitrogens with zero attached hydrogens (tertiary/aromatic N) is 5. The Labute approximate surface area is 164 Å². The Morgan fingerprint density at radius 3 is 2.69 bits per heavy atom. The smallest absolute Gasteiger partial charge is 0.248 e. The summed E-state index contributed by atoms with van der Waals surface area (Å²) in [6.45, 7) is -0.431. The van der Waals surface area contributed by atoms with Crippen LogP contribution >= 0.6 is 0 Å². The molecular weight excluding hydrogens is 381 g/mol. The number of oxazole rings is 1. The third kappa shape index (κ3) is 4.37. The zero-order valence-electron chi connectivity index (χ0n) is 15.4. The van der Waals surface area contributed by atoms with Gasteiger partial charge in [0.25, 0.3) is 0 Å². The zero-order valence-corrected chi connectivity index (χ0v) is 15.4. The highest BCUT2D eigenvalue weighted by molar-refractivity contribution is 5.73. The van der Waals surface area contributed by atoms with Crippen molar-refractivity contribution < 1.29 is 23.0 Å². The van der Waals surface area contributed by atoms with Gasteiger partial charge in [-0.1, -0.05) is 0 Å². The highest BCUT2D eigenvalue weighted by Gasteiger charge is 2.13. The van der Waals surface area contributed by atoms with E-state index in [-0.39, 0.29) is 25.0 Å². The number of pyridine rings is 2. The van der Waals surface area contributed by atoms with Crippen LogP contribution in [0.3, 0.4) is 0 Å². The first-order valence-corrected chi connectivity index (χ1v) is 8.64. The van der Waals surface area contributed by atoms with Crippen LogP contribution in [0.2, 0.25) is 0 Å². The Kier molecular flexibility index (Phi) is 5.41. The summed E-state index contributed by atoms with van der Waals surface area (Å²) in [5.74, 6) is 1.67. The van der Waals surface area contributed by atoms with Gasteiger partial charge in [0.1, 0.15) is 48.9 Å². The number of alkyl halides is 1. The van der Waals surface area contributed by atoms with Crippen LogP contribution in [-0.4, -0.2) is 45.3 Å². The van der Waals surface area contributed by atoms with Crippen molar-refractivity contribution in [3.63, 3.8) is 0 Å². The molecule has 0 amide bonds. The predicted molar refractivity (Wildman–Crippen MR) is 99.4 cm³/mol. The molecule has 0 unspecified atom stereocenters. The van der Waals surface area contributed by atoms with Crippen LogP contribution in [-0.2, 0) is 6.61 Å². The lowest BCUT2D eigenvalue weighted by atomic mass is 10.3. The monoisotopic (exact) mass is 397 g/mol. The average Bonchev–Trinajstić information content (AvgIpc) is 3.20. The van der Waals surface area contributed by atoms with E-state index in [1.165, 1.54) is 18.6 Å². The SMILES string of the molecule is COc1ccc(COc2cnc3oc(-c4cc(OCCF)ncn4)nc3c2)nc1. The minimum atomic E-state index is -0.610. The van der Waals surface area contributed by atoms with Gasteiger partial charge in [0, 0.05) is 12.1 Å². The van der Waals surface area contributed by atoms with Crippen molar-refractivity contribution in [1.82, 2.24) is 24.9 Å².